The fourth-order valence-corrected chi connectivity index (χ4v) is 3.14. The van der Waals surface area contributed by atoms with Crippen LogP contribution in [0.1, 0.15) is 17.0 Å². The molecule has 3 nitrogen and oxygen atoms in total. The number of thiophene rings is 1. The van der Waals surface area contributed by atoms with Gasteiger partial charge in [-0.1, -0.05) is 11.6 Å². The first-order chi connectivity index (χ1) is 8.24. The number of nitrogen functional groups attached to an aromatic ring is 1. The van der Waals surface area contributed by atoms with Crippen molar-refractivity contribution in [1.82, 2.24) is 10.3 Å². The van der Waals surface area contributed by atoms with Crippen molar-refractivity contribution >= 4 is 39.4 Å². The second-order valence-corrected chi connectivity index (χ2v) is 6.35. The number of aryl methyl sites for hydroxylation is 1. The number of thiazole rings is 1. The number of aromatic nitrogens is 1. The lowest BCUT2D eigenvalue weighted by Gasteiger charge is -2.01. The third kappa shape index (κ3) is 4.27. The number of nitrogens with one attached hydrogen (secondary N) is 1. The average Bonchev–Trinajstić information content (AvgIpc) is 2.88. The molecule has 6 heteroatoms. The quantitative estimate of drug-likeness (QED) is 0.803. The molecular formula is C11H14ClN3S2. The van der Waals surface area contributed by atoms with Crippen molar-refractivity contribution in [2.24, 2.45) is 0 Å². The molecule has 92 valence electrons. The second-order valence-electron chi connectivity index (χ2n) is 3.66. The number of nitrogens with zero attached hydrogens (tertiary/aromatic N) is 1. The van der Waals surface area contributed by atoms with Crippen molar-refractivity contribution in [3.05, 3.63) is 32.4 Å². The van der Waals surface area contributed by atoms with Crippen LogP contribution in [0.15, 0.2) is 17.5 Å². The van der Waals surface area contributed by atoms with E-state index in [2.05, 4.69) is 16.4 Å². The molecule has 0 saturated carbocycles. The van der Waals surface area contributed by atoms with E-state index in [-0.39, 0.29) is 0 Å². The molecule has 0 aliphatic heterocycles. The Morgan fingerprint density at radius 1 is 1.41 bits per heavy atom. The minimum atomic E-state index is 0.654. The predicted molar refractivity (Wildman–Crippen MR) is 75.9 cm³/mol. The summed E-state index contributed by atoms with van der Waals surface area (Å²) in [5, 5.41) is 6.06. The van der Waals surface area contributed by atoms with Crippen molar-refractivity contribution < 1.29 is 0 Å². The van der Waals surface area contributed by atoms with Gasteiger partial charge >= 0.3 is 0 Å². The summed E-state index contributed by atoms with van der Waals surface area (Å²) in [5.41, 5.74) is 6.66. The summed E-state index contributed by atoms with van der Waals surface area (Å²) >= 11 is 8.98. The number of hydrogen-bond donors (Lipinski definition) is 2. The van der Waals surface area contributed by atoms with Gasteiger partial charge in [-0.05, 0) is 31.5 Å². The van der Waals surface area contributed by atoms with E-state index in [1.54, 1.807) is 11.3 Å². The summed E-state index contributed by atoms with van der Waals surface area (Å²) in [6.45, 7) is 1.86. The molecule has 0 amide bonds. The summed E-state index contributed by atoms with van der Waals surface area (Å²) < 4.78 is 0.847. The van der Waals surface area contributed by atoms with Crippen LogP contribution in [-0.4, -0.2) is 11.5 Å². The monoisotopic (exact) mass is 287 g/mol. The Labute approximate surface area is 114 Å². The summed E-state index contributed by atoms with van der Waals surface area (Å²) in [7, 11) is 0. The van der Waals surface area contributed by atoms with Crippen LogP contribution in [0.4, 0.5) is 5.13 Å². The molecule has 3 N–H and O–H groups in total. The van der Waals surface area contributed by atoms with E-state index in [1.807, 2.05) is 11.4 Å². The Morgan fingerprint density at radius 2 is 2.29 bits per heavy atom. The molecule has 2 rings (SSSR count). The lowest BCUT2D eigenvalue weighted by Crippen LogP contribution is -2.14. The molecule has 0 aromatic carbocycles. The van der Waals surface area contributed by atoms with E-state index >= 15 is 0 Å². The summed E-state index contributed by atoms with van der Waals surface area (Å²) in [6, 6.07) is 3.99. The molecule has 2 aromatic rings. The lowest BCUT2D eigenvalue weighted by atomic mass is 10.2. The molecule has 2 aromatic heterocycles. The Kier molecular flexibility index (Phi) is 4.79. The van der Waals surface area contributed by atoms with Gasteiger partial charge in [-0.3, -0.25) is 0 Å². The molecule has 0 atom stereocenters. The largest absolute Gasteiger partial charge is 0.375 e. The van der Waals surface area contributed by atoms with Gasteiger partial charge in [0.05, 0.1) is 10.0 Å². The number of halogens is 1. The lowest BCUT2D eigenvalue weighted by molar-refractivity contribution is 0.651. The summed E-state index contributed by atoms with van der Waals surface area (Å²) in [5.74, 6) is 0. The Hall–Kier alpha value is -0.620. The normalized spacial score (nSPS) is 10.9. The van der Waals surface area contributed by atoms with Gasteiger partial charge in [-0.25, -0.2) is 4.98 Å². The standard InChI is InChI=1S/C11H14ClN3S2/c12-10-4-3-9(17-10)6-14-5-1-2-8-7-16-11(13)15-8/h3-4,7,14H,1-2,5-6H2,(H2,13,15). The molecule has 0 radical (unpaired) electrons. The highest BCUT2D eigenvalue weighted by Crippen LogP contribution is 2.20. The topological polar surface area (TPSA) is 50.9 Å². The second kappa shape index (κ2) is 6.35. The summed E-state index contributed by atoms with van der Waals surface area (Å²) in [6.07, 6.45) is 2.05. The first-order valence-electron chi connectivity index (χ1n) is 5.39. The van der Waals surface area contributed by atoms with Crippen LogP contribution < -0.4 is 11.1 Å². The molecule has 0 unspecified atom stereocenters. The zero-order valence-electron chi connectivity index (χ0n) is 9.28. The highest BCUT2D eigenvalue weighted by Gasteiger charge is 1.99. The van der Waals surface area contributed by atoms with Crippen molar-refractivity contribution in [3.8, 4) is 0 Å². The zero-order valence-corrected chi connectivity index (χ0v) is 11.7. The minimum Gasteiger partial charge on any atom is -0.375 e. The highest BCUT2D eigenvalue weighted by atomic mass is 35.5. The minimum absolute atomic E-state index is 0.654. The van der Waals surface area contributed by atoms with Crippen LogP contribution in [0.3, 0.4) is 0 Å². The van der Waals surface area contributed by atoms with Gasteiger partial charge in [-0.15, -0.1) is 22.7 Å². The Bertz CT molecular complexity index is 424. The van der Waals surface area contributed by atoms with E-state index in [0.717, 1.165) is 36.0 Å². The molecule has 17 heavy (non-hydrogen) atoms. The molecule has 0 saturated heterocycles. The van der Waals surface area contributed by atoms with Crippen molar-refractivity contribution in [3.63, 3.8) is 0 Å². The first kappa shape index (κ1) is 12.8. The van der Waals surface area contributed by atoms with E-state index in [1.165, 1.54) is 16.2 Å². The molecule has 0 bridgehead atoms. The third-order valence-electron chi connectivity index (χ3n) is 2.28. The van der Waals surface area contributed by atoms with Crippen molar-refractivity contribution in [2.45, 2.75) is 19.4 Å². The van der Waals surface area contributed by atoms with E-state index in [0.29, 0.717) is 5.13 Å². The highest BCUT2D eigenvalue weighted by molar-refractivity contribution is 7.16. The maximum absolute atomic E-state index is 5.85. The van der Waals surface area contributed by atoms with Crippen molar-refractivity contribution in [2.75, 3.05) is 12.3 Å². The van der Waals surface area contributed by atoms with Crippen molar-refractivity contribution in [1.29, 1.82) is 0 Å². The average molecular weight is 288 g/mol. The first-order valence-corrected chi connectivity index (χ1v) is 7.46. The van der Waals surface area contributed by atoms with Gasteiger partial charge in [0, 0.05) is 16.8 Å². The van der Waals surface area contributed by atoms with Crippen LogP contribution in [0.5, 0.6) is 0 Å². The smallest absolute Gasteiger partial charge is 0.180 e. The SMILES string of the molecule is Nc1nc(CCCNCc2ccc(Cl)s2)cs1. The van der Waals surface area contributed by atoms with Crippen LogP contribution in [0.25, 0.3) is 0 Å². The molecule has 2 heterocycles. The molecular weight excluding hydrogens is 274 g/mol. The van der Waals surface area contributed by atoms with E-state index < -0.39 is 0 Å². The number of anilines is 1. The van der Waals surface area contributed by atoms with Crippen LogP contribution in [0, 0.1) is 0 Å². The summed E-state index contributed by atoms with van der Waals surface area (Å²) in [4.78, 5) is 5.49. The number of rotatable bonds is 6. The maximum Gasteiger partial charge on any atom is 0.180 e. The van der Waals surface area contributed by atoms with Crippen LogP contribution in [0.2, 0.25) is 4.34 Å². The zero-order chi connectivity index (χ0) is 12.1. The van der Waals surface area contributed by atoms with Gasteiger partial charge in [0.2, 0.25) is 0 Å². The predicted octanol–water partition coefficient (Wildman–Crippen LogP) is 3.16. The molecule has 0 aliphatic carbocycles. The van der Waals surface area contributed by atoms with E-state index in [4.69, 9.17) is 17.3 Å². The Morgan fingerprint density at radius 3 is 2.94 bits per heavy atom. The molecule has 0 aliphatic rings. The Balaban J connectivity index is 1.60. The van der Waals surface area contributed by atoms with Gasteiger partial charge < -0.3 is 11.1 Å². The number of hydrogen-bond acceptors (Lipinski definition) is 5. The van der Waals surface area contributed by atoms with Gasteiger partial charge in [0.15, 0.2) is 5.13 Å². The third-order valence-corrected chi connectivity index (χ3v) is 4.24. The molecule has 0 fully saturated rings. The van der Waals surface area contributed by atoms with Crippen LogP contribution >= 0.6 is 34.3 Å². The van der Waals surface area contributed by atoms with E-state index in [9.17, 15) is 0 Å². The van der Waals surface area contributed by atoms with Crippen LogP contribution in [-0.2, 0) is 13.0 Å². The van der Waals surface area contributed by atoms with Gasteiger partial charge in [0.1, 0.15) is 0 Å². The van der Waals surface area contributed by atoms with Gasteiger partial charge in [-0.2, -0.15) is 0 Å². The molecule has 0 spiro atoms. The fourth-order valence-electron chi connectivity index (χ4n) is 1.49. The fraction of sp³-hybridized carbons (Fsp3) is 0.364. The van der Waals surface area contributed by atoms with Gasteiger partial charge in [0.25, 0.3) is 0 Å². The maximum atomic E-state index is 5.85. The number of nitrogens with two attached hydrogens (primary N) is 1.